The van der Waals surface area contributed by atoms with Crippen molar-refractivity contribution in [2.24, 2.45) is 9.98 Å². The fourth-order valence-electron chi connectivity index (χ4n) is 4.29. The largest absolute Gasteiger partial charge is 0.464 e. The molecule has 1 aliphatic heterocycles. The minimum Gasteiger partial charge on any atom is -0.464 e. The predicted molar refractivity (Wildman–Crippen MR) is 155 cm³/mol. The monoisotopic (exact) mass is 522 g/mol. The molecule has 0 saturated heterocycles. The predicted octanol–water partition coefficient (Wildman–Crippen LogP) is 4.67. The average Bonchev–Trinajstić information content (AvgIpc) is 3.39. The molecule has 1 aliphatic rings. The summed E-state index contributed by atoms with van der Waals surface area (Å²) in [4.78, 5) is 35.0. The topological polar surface area (TPSA) is 68.1 Å². The number of rotatable bonds is 5. The molecule has 0 saturated carbocycles. The van der Waals surface area contributed by atoms with Crippen molar-refractivity contribution >= 4 is 61.9 Å². The Morgan fingerprint density at radius 2 is 1.14 bits per heavy atom. The van der Waals surface area contributed by atoms with Crippen LogP contribution in [0.2, 0.25) is 0 Å². The average molecular weight is 523 g/mol. The summed E-state index contributed by atoms with van der Waals surface area (Å²) in [7, 11) is 1.34. The third-order valence-corrected chi connectivity index (χ3v) is 11.8. The molecule has 0 aliphatic carbocycles. The first-order valence-corrected chi connectivity index (χ1v) is 14.2. The molecule has 37 heavy (non-hydrogen) atoms. The molecule has 0 spiro atoms. The van der Waals surface area contributed by atoms with E-state index in [2.05, 4.69) is 46.4 Å². The summed E-state index contributed by atoms with van der Waals surface area (Å²) in [5, 5.41) is 3.39. The van der Waals surface area contributed by atoms with Gasteiger partial charge in [-0.2, -0.15) is 4.99 Å². The first-order chi connectivity index (χ1) is 18.1. The molecule has 7 heteroatoms. The molecule has 182 valence electrons. The second-order valence-electron chi connectivity index (χ2n) is 8.10. The molecule has 5 rings (SSSR count). The number of hydrogen-bond acceptors (Lipinski definition) is 4. The number of esters is 1. The number of carbonyl (C=O) groups is 2. The smallest absolute Gasteiger partial charge is 0.358 e. The van der Waals surface area contributed by atoms with Crippen LogP contribution in [0.15, 0.2) is 131 Å². The Kier molecular flexibility index (Phi) is 7.31. The molecule has 1 heterocycles. The summed E-state index contributed by atoms with van der Waals surface area (Å²) >= 11 is 1.27. The molecule has 0 unspecified atom stereocenters. The summed E-state index contributed by atoms with van der Waals surface area (Å²) in [6.45, 7) is -2.62. The molecule has 0 N–H and O–H groups in total. The van der Waals surface area contributed by atoms with E-state index < -0.39 is 18.8 Å². The number of methoxy groups -OCH3 is 1. The van der Waals surface area contributed by atoms with Gasteiger partial charge in [-0.1, -0.05) is 109 Å². The second-order valence-corrected chi connectivity index (χ2v) is 12.7. The van der Waals surface area contributed by atoms with Gasteiger partial charge in [-0.05, 0) is 46.7 Å². The number of amides is 1. The highest BCUT2D eigenvalue weighted by Crippen LogP contribution is 2.50. The Labute approximate surface area is 219 Å². The van der Waals surface area contributed by atoms with Crippen molar-refractivity contribution in [3.8, 4) is 0 Å². The van der Waals surface area contributed by atoms with E-state index in [1.165, 1.54) is 18.9 Å². The molecule has 0 aromatic heterocycles. The van der Waals surface area contributed by atoms with Crippen LogP contribution in [0.25, 0.3) is 0 Å². The maximum Gasteiger partial charge on any atom is 0.358 e. The summed E-state index contributed by atoms with van der Waals surface area (Å²) in [6.07, 6.45) is 0. The fourth-order valence-corrected chi connectivity index (χ4v) is 10.6. The minimum atomic E-state index is -2.62. The van der Waals surface area contributed by atoms with E-state index in [1.54, 1.807) is 24.3 Å². The van der Waals surface area contributed by atoms with Crippen molar-refractivity contribution in [1.29, 1.82) is 0 Å². The van der Waals surface area contributed by atoms with Crippen molar-refractivity contribution in [2.45, 2.75) is 0 Å². The van der Waals surface area contributed by atoms with E-state index >= 15 is 0 Å². The lowest BCUT2D eigenvalue weighted by Gasteiger charge is -2.31. The number of hydrogen-bond donors (Lipinski definition) is 0. The van der Waals surface area contributed by atoms with E-state index in [-0.39, 0.29) is 10.9 Å². The Hall–Kier alpha value is -3.99. The van der Waals surface area contributed by atoms with E-state index in [1.807, 2.05) is 60.7 Å². The fraction of sp³-hybridized carbons (Fsp3) is 0.0333. The lowest BCUT2D eigenvalue weighted by Crippen LogP contribution is -2.33. The SMILES string of the molecule is COC(=O)C1=NC(=NC(=O)c2ccccc2)SC1=P(c1ccccc1)(c1ccccc1)c1ccccc1. The van der Waals surface area contributed by atoms with Gasteiger partial charge in [-0.25, -0.2) is 9.79 Å². The van der Waals surface area contributed by atoms with Crippen LogP contribution in [0, 0.1) is 0 Å². The molecule has 0 atom stereocenters. The molecular weight excluding hydrogens is 499 g/mol. The van der Waals surface area contributed by atoms with Crippen molar-refractivity contribution < 1.29 is 14.3 Å². The lowest BCUT2D eigenvalue weighted by atomic mass is 10.2. The van der Waals surface area contributed by atoms with Gasteiger partial charge >= 0.3 is 5.97 Å². The normalized spacial score (nSPS) is 14.4. The van der Waals surface area contributed by atoms with Gasteiger partial charge in [0, 0.05) is 5.56 Å². The van der Waals surface area contributed by atoms with Crippen LogP contribution in [0.4, 0.5) is 0 Å². The number of carbonyl (C=O) groups excluding carboxylic acids is 2. The third kappa shape index (κ3) is 4.74. The van der Waals surface area contributed by atoms with Gasteiger partial charge < -0.3 is 4.74 Å². The molecule has 0 bridgehead atoms. The van der Waals surface area contributed by atoms with Crippen LogP contribution >= 0.6 is 18.6 Å². The molecule has 1 amide bonds. The van der Waals surface area contributed by atoms with Crippen LogP contribution in [-0.4, -0.2) is 34.5 Å². The molecule has 5 nitrogen and oxygen atoms in total. The highest BCUT2D eigenvalue weighted by Gasteiger charge is 2.39. The zero-order valence-corrected chi connectivity index (χ0v) is 21.7. The standard InChI is InChI=1S/C30H23N2O3PS/c1-35-28(34)26-29(37-30(31-26)32-27(33)22-14-6-2-7-15-22)36(23-16-8-3-9-17-23,24-18-10-4-11-19-24)25-20-12-5-13-21-25/h2-21H,1H3. The first-order valence-electron chi connectivity index (χ1n) is 11.6. The van der Waals surface area contributed by atoms with Gasteiger partial charge in [0.2, 0.25) is 0 Å². The van der Waals surface area contributed by atoms with Crippen LogP contribution < -0.4 is 15.9 Å². The van der Waals surface area contributed by atoms with Crippen LogP contribution in [-0.2, 0) is 9.53 Å². The van der Waals surface area contributed by atoms with Crippen LogP contribution in [0.3, 0.4) is 0 Å². The van der Waals surface area contributed by atoms with Crippen molar-refractivity contribution in [3.63, 3.8) is 0 Å². The van der Waals surface area contributed by atoms with Crippen molar-refractivity contribution in [2.75, 3.05) is 7.11 Å². The molecule has 0 fully saturated rings. The van der Waals surface area contributed by atoms with Gasteiger partial charge in [0.05, 0.1) is 11.7 Å². The first kappa shape index (κ1) is 24.7. The molecule has 4 aromatic rings. The minimum absolute atomic E-state index is 0.178. The summed E-state index contributed by atoms with van der Waals surface area (Å²) < 4.78 is 5.92. The summed E-state index contributed by atoms with van der Waals surface area (Å²) in [5.74, 6) is -0.979. The number of aliphatic imine (C=N–C) groups is 2. The molecular formula is C30H23N2O3PS. The van der Waals surface area contributed by atoms with Gasteiger partial charge in [0.1, 0.15) is 0 Å². The highest BCUT2D eigenvalue weighted by molar-refractivity contribution is 8.36. The zero-order chi connectivity index (χ0) is 25.7. The maximum atomic E-state index is 13.2. The van der Waals surface area contributed by atoms with E-state index in [0.29, 0.717) is 5.56 Å². The van der Waals surface area contributed by atoms with Gasteiger partial charge in [0.15, 0.2) is 10.9 Å². The van der Waals surface area contributed by atoms with Crippen molar-refractivity contribution in [3.05, 3.63) is 127 Å². The summed E-state index contributed by atoms with van der Waals surface area (Å²) in [5.41, 5.74) is 0.631. The van der Waals surface area contributed by atoms with Crippen LogP contribution in [0.5, 0.6) is 0 Å². The molecule has 4 aromatic carbocycles. The Morgan fingerprint density at radius 3 is 1.57 bits per heavy atom. The second kappa shape index (κ2) is 11.0. The van der Waals surface area contributed by atoms with Gasteiger partial charge in [-0.3, -0.25) is 4.79 Å². The van der Waals surface area contributed by atoms with Gasteiger partial charge in [0.25, 0.3) is 5.91 Å². The number of amidine groups is 1. The van der Waals surface area contributed by atoms with Crippen LogP contribution in [0.1, 0.15) is 10.4 Å². The zero-order valence-electron chi connectivity index (χ0n) is 20.0. The van der Waals surface area contributed by atoms with E-state index in [0.717, 1.165) is 20.5 Å². The Morgan fingerprint density at radius 1 is 0.703 bits per heavy atom. The highest BCUT2D eigenvalue weighted by atomic mass is 32.2. The molecule has 0 radical (unpaired) electrons. The maximum absolute atomic E-state index is 13.2. The third-order valence-electron chi connectivity index (χ3n) is 5.93. The van der Waals surface area contributed by atoms with E-state index in [9.17, 15) is 9.59 Å². The number of ether oxygens (including phenoxy) is 1. The number of thioether (sulfide) groups is 1. The lowest BCUT2D eigenvalue weighted by molar-refractivity contribution is -0.132. The van der Waals surface area contributed by atoms with Crippen molar-refractivity contribution in [1.82, 2.24) is 0 Å². The Balaban J connectivity index is 1.85. The quantitative estimate of drug-likeness (QED) is 0.282. The van der Waals surface area contributed by atoms with Gasteiger partial charge in [-0.15, -0.1) is 0 Å². The van der Waals surface area contributed by atoms with E-state index in [4.69, 9.17) is 4.74 Å². The number of benzene rings is 4. The summed E-state index contributed by atoms with van der Waals surface area (Å²) in [6, 6.07) is 39.2. The Bertz CT molecular complexity index is 1450. The number of nitrogens with zero attached hydrogens (tertiary/aromatic N) is 2.